The topological polar surface area (TPSA) is 47.6 Å². The van der Waals surface area contributed by atoms with Crippen molar-refractivity contribution in [3.8, 4) is 10.8 Å². The van der Waals surface area contributed by atoms with Gasteiger partial charge in [0, 0.05) is 21.0 Å². The SMILES string of the molecule is N#CSC1CCC2SC1CCC2SC#N. The van der Waals surface area contributed by atoms with E-state index in [2.05, 4.69) is 10.8 Å². The summed E-state index contributed by atoms with van der Waals surface area (Å²) in [4.78, 5) is 0. The van der Waals surface area contributed by atoms with Crippen molar-refractivity contribution in [2.45, 2.75) is 46.7 Å². The number of thioether (sulfide) groups is 3. The third-order valence-corrected chi connectivity index (χ3v) is 7.18. The van der Waals surface area contributed by atoms with Gasteiger partial charge < -0.3 is 0 Å². The average Bonchev–Trinajstić information content (AvgIpc) is 2.26. The summed E-state index contributed by atoms with van der Waals surface area (Å²) >= 11 is 4.92. The zero-order valence-electron chi connectivity index (χ0n) is 8.26. The first kappa shape index (κ1) is 11.5. The average molecular weight is 256 g/mol. The molecule has 2 nitrogen and oxygen atoms in total. The van der Waals surface area contributed by atoms with E-state index in [-0.39, 0.29) is 0 Å². The molecule has 0 amide bonds. The Morgan fingerprint density at radius 2 is 1.33 bits per heavy atom. The van der Waals surface area contributed by atoms with E-state index in [1.807, 2.05) is 11.8 Å². The highest BCUT2D eigenvalue weighted by Gasteiger charge is 2.39. The third kappa shape index (κ3) is 2.58. The van der Waals surface area contributed by atoms with Gasteiger partial charge in [0.15, 0.2) is 0 Å². The monoisotopic (exact) mass is 256 g/mol. The lowest BCUT2D eigenvalue weighted by molar-refractivity contribution is 0.510. The van der Waals surface area contributed by atoms with Gasteiger partial charge in [0.1, 0.15) is 10.8 Å². The van der Waals surface area contributed by atoms with Crippen molar-refractivity contribution in [3.05, 3.63) is 0 Å². The van der Waals surface area contributed by atoms with Crippen LogP contribution in [0.2, 0.25) is 0 Å². The quantitative estimate of drug-likeness (QED) is 0.710. The molecule has 0 aromatic heterocycles. The highest BCUT2D eigenvalue weighted by Crippen LogP contribution is 2.48. The fourth-order valence-electron chi connectivity index (χ4n) is 2.34. The van der Waals surface area contributed by atoms with E-state index < -0.39 is 0 Å². The summed E-state index contributed by atoms with van der Waals surface area (Å²) in [5, 5.41) is 24.2. The molecule has 2 rings (SSSR count). The molecule has 0 aromatic rings. The summed E-state index contributed by atoms with van der Waals surface area (Å²) in [6.45, 7) is 0. The van der Waals surface area contributed by atoms with Crippen LogP contribution in [0.5, 0.6) is 0 Å². The minimum absolute atomic E-state index is 0.532. The molecule has 2 fully saturated rings. The summed E-state index contributed by atoms with van der Waals surface area (Å²) in [5.74, 6) is 0. The van der Waals surface area contributed by atoms with Gasteiger partial charge in [-0.3, -0.25) is 0 Å². The second-order valence-electron chi connectivity index (χ2n) is 3.86. The van der Waals surface area contributed by atoms with Gasteiger partial charge in [0.2, 0.25) is 0 Å². The van der Waals surface area contributed by atoms with Crippen molar-refractivity contribution in [3.63, 3.8) is 0 Å². The number of hydrogen-bond donors (Lipinski definition) is 0. The van der Waals surface area contributed by atoms with Gasteiger partial charge >= 0.3 is 0 Å². The largest absolute Gasteiger partial charge is 0.185 e. The zero-order chi connectivity index (χ0) is 10.7. The zero-order valence-corrected chi connectivity index (χ0v) is 10.7. The number of fused-ring (bicyclic) bond motifs is 2. The first-order chi connectivity index (χ1) is 7.35. The van der Waals surface area contributed by atoms with Crippen molar-refractivity contribution in [2.24, 2.45) is 0 Å². The molecule has 2 saturated heterocycles. The standard InChI is InChI=1S/C10H12N2S3/c11-5-13-7-1-3-9-8(14-6-12)2-4-10(7)15-9/h7-10H,1-4H2. The Labute approximate surface area is 103 Å². The molecule has 0 aliphatic carbocycles. The van der Waals surface area contributed by atoms with Crippen molar-refractivity contribution in [2.75, 3.05) is 0 Å². The van der Waals surface area contributed by atoms with Gasteiger partial charge in [-0.1, -0.05) is 0 Å². The Balaban J connectivity index is 1.94. The molecule has 80 valence electrons. The van der Waals surface area contributed by atoms with E-state index in [0.29, 0.717) is 21.0 Å². The fourth-order valence-corrected chi connectivity index (χ4v) is 6.03. The summed E-state index contributed by atoms with van der Waals surface area (Å²) in [6.07, 6.45) is 4.67. The molecule has 15 heavy (non-hydrogen) atoms. The maximum Gasteiger partial charge on any atom is 0.133 e. The normalized spacial score (nSPS) is 39.1. The van der Waals surface area contributed by atoms with E-state index in [0.717, 1.165) is 12.8 Å². The van der Waals surface area contributed by atoms with E-state index >= 15 is 0 Å². The number of thiocyanates is 2. The first-order valence-electron chi connectivity index (χ1n) is 5.10. The lowest BCUT2D eigenvalue weighted by atomic mass is 9.98. The van der Waals surface area contributed by atoms with Crippen molar-refractivity contribution in [1.29, 1.82) is 10.5 Å². The number of hydrogen-bond acceptors (Lipinski definition) is 5. The molecule has 0 spiro atoms. The Morgan fingerprint density at radius 1 is 0.867 bits per heavy atom. The van der Waals surface area contributed by atoms with Crippen LogP contribution in [0.15, 0.2) is 0 Å². The maximum atomic E-state index is 8.71. The van der Waals surface area contributed by atoms with Crippen LogP contribution in [0, 0.1) is 21.3 Å². The Bertz CT molecular complexity index is 277. The first-order valence-corrected chi connectivity index (χ1v) is 7.80. The Kier molecular flexibility index (Phi) is 4.13. The van der Waals surface area contributed by atoms with Gasteiger partial charge in [-0.25, -0.2) is 0 Å². The molecule has 0 N–H and O–H groups in total. The highest BCUT2D eigenvalue weighted by molar-refractivity contribution is 8.08. The molecule has 5 heteroatoms. The van der Waals surface area contributed by atoms with Gasteiger partial charge in [-0.05, 0) is 49.2 Å². The van der Waals surface area contributed by atoms with Crippen molar-refractivity contribution in [1.82, 2.24) is 0 Å². The predicted molar refractivity (Wildman–Crippen MR) is 67.6 cm³/mol. The Morgan fingerprint density at radius 3 is 1.73 bits per heavy atom. The summed E-state index contributed by atoms with van der Waals surface area (Å²) in [5.41, 5.74) is 0. The van der Waals surface area contributed by atoms with Gasteiger partial charge in [-0.2, -0.15) is 22.3 Å². The van der Waals surface area contributed by atoms with Crippen LogP contribution >= 0.6 is 35.3 Å². The molecule has 4 atom stereocenters. The van der Waals surface area contributed by atoms with Crippen LogP contribution in [-0.4, -0.2) is 21.0 Å². The second-order valence-corrected chi connectivity index (χ2v) is 7.39. The summed E-state index contributed by atoms with van der Waals surface area (Å²) < 4.78 is 0. The van der Waals surface area contributed by atoms with Crippen LogP contribution in [-0.2, 0) is 0 Å². The molecular weight excluding hydrogens is 244 g/mol. The van der Waals surface area contributed by atoms with Gasteiger partial charge in [-0.15, -0.1) is 0 Å². The van der Waals surface area contributed by atoms with Crippen LogP contribution in [0.4, 0.5) is 0 Å². The van der Waals surface area contributed by atoms with E-state index in [9.17, 15) is 0 Å². The minimum Gasteiger partial charge on any atom is -0.185 e. The smallest absolute Gasteiger partial charge is 0.133 e. The predicted octanol–water partition coefficient (Wildman–Crippen LogP) is 3.21. The molecule has 4 unspecified atom stereocenters. The fraction of sp³-hybridized carbons (Fsp3) is 0.800. The molecule has 2 heterocycles. The van der Waals surface area contributed by atoms with Crippen LogP contribution < -0.4 is 0 Å². The molecule has 0 saturated carbocycles. The maximum absolute atomic E-state index is 8.71. The summed E-state index contributed by atoms with van der Waals surface area (Å²) in [7, 11) is 0. The lowest BCUT2D eigenvalue weighted by Crippen LogP contribution is -2.39. The van der Waals surface area contributed by atoms with Crippen molar-refractivity contribution >= 4 is 35.3 Å². The highest BCUT2D eigenvalue weighted by atomic mass is 32.2. The van der Waals surface area contributed by atoms with E-state index in [4.69, 9.17) is 10.5 Å². The molecule has 2 aliphatic heterocycles. The lowest BCUT2D eigenvalue weighted by Gasteiger charge is -2.41. The third-order valence-electron chi connectivity index (χ3n) is 3.06. The van der Waals surface area contributed by atoms with Crippen LogP contribution in [0.25, 0.3) is 0 Å². The van der Waals surface area contributed by atoms with Gasteiger partial charge in [0.05, 0.1) is 0 Å². The molecule has 0 aromatic carbocycles. The number of nitriles is 2. The van der Waals surface area contributed by atoms with Crippen molar-refractivity contribution < 1.29 is 0 Å². The minimum atomic E-state index is 0.532. The molecule has 0 radical (unpaired) electrons. The molecule has 2 bridgehead atoms. The molecule has 2 aliphatic rings. The number of nitrogens with zero attached hydrogens (tertiary/aromatic N) is 2. The Hall–Kier alpha value is 0.0300. The number of rotatable bonds is 2. The van der Waals surface area contributed by atoms with E-state index in [1.54, 1.807) is 0 Å². The molecular formula is C10H12N2S3. The van der Waals surface area contributed by atoms with Crippen LogP contribution in [0.1, 0.15) is 25.7 Å². The van der Waals surface area contributed by atoms with Gasteiger partial charge in [0.25, 0.3) is 0 Å². The van der Waals surface area contributed by atoms with Crippen LogP contribution in [0.3, 0.4) is 0 Å². The second kappa shape index (κ2) is 5.39. The summed E-state index contributed by atoms with van der Waals surface area (Å²) in [6, 6.07) is 0. The van der Waals surface area contributed by atoms with E-state index in [1.165, 1.54) is 36.4 Å².